The number of amides is 3. The van der Waals surface area contributed by atoms with E-state index in [1.807, 2.05) is 23.2 Å². The average molecular weight is 649 g/mol. The van der Waals surface area contributed by atoms with Crippen LogP contribution >= 0.6 is 0 Å². The van der Waals surface area contributed by atoms with E-state index in [0.29, 0.717) is 24.7 Å². The molecule has 252 valence electrons. The first-order valence-corrected chi connectivity index (χ1v) is 16.3. The number of nitrogen functional groups attached to an aromatic ring is 1. The Hall–Kier alpha value is -4.72. The van der Waals surface area contributed by atoms with Crippen molar-refractivity contribution in [3.05, 3.63) is 41.6 Å². The van der Waals surface area contributed by atoms with E-state index in [0.717, 1.165) is 79.2 Å². The number of hydrogen-bond donors (Lipinski definition) is 2. The maximum Gasteiger partial charge on any atom is 0.333 e. The maximum absolute atomic E-state index is 12.8. The third-order valence-corrected chi connectivity index (χ3v) is 8.49. The number of aromatic nitrogens is 3. The SMILES string of the molecule is CCCCCNc1nc(N)nc2ccn(Cc3cc(CN4CCN(C(=O)CCCC(=O)ON5C(=O)CCC5=O)CC4)ccc3OC)c12. The molecule has 0 atom stereocenters. The number of ether oxygens (including phenoxy) is 1. The summed E-state index contributed by atoms with van der Waals surface area (Å²) in [5, 5.41) is 3.99. The molecular formula is C33H44N8O6. The number of nitrogens with zero attached hydrogens (tertiary/aromatic N) is 6. The molecule has 14 nitrogen and oxygen atoms in total. The van der Waals surface area contributed by atoms with Gasteiger partial charge in [-0.1, -0.05) is 25.8 Å². The number of carbonyl (C=O) groups excluding carboxylic acids is 4. The molecule has 2 fully saturated rings. The highest BCUT2D eigenvalue weighted by Crippen LogP contribution is 2.27. The number of hydroxylamine groups is 2. The second-order valence-corrected chi connectivity index (χ2v) is 11.9. The van der Waals surface area contributed by atoms with Gasteiger partial charge in [-0.05, 0) is 36.6 Å². The van der Waals surface area contributed by atoms with Gasteiger partial charge in [0.15, 0.2) is 5.82 Å². The minimum atomic E-state index is -0.687. The van der Waals surface area contributed by atoms with Crippen LogP contribution < -0.4 is 15.8 Å². The second kappa shape index (κ2) is 15.7. The van der Waals surface area contributed by atoms with Gasteiger partial charge in [-0.25, -0.2) is 9.78 Å². The lowest BCUT2D eigenvalue weighted by Crippen LogP contribution is -2.48. The topological polar surface area (TPSA) is 165 Å². The molecule has 2 aliphatic heterocycles. The lowest BCUT2D eigenvalue weighted by molar-refractivity contribution is -0.197. The Balaban J connectivity index is 1.14. The number of hydrogen-bond acceptors (Lipinski definition) is 11. The van der Waals surface area contributed by atoms with Gasteiger partial charge >= 0.3 is 5.97 Å². The predicted molar refractivity (Wildman–Crippen MR) is 175 cm³/mol. The summed E-state index contributed by atoms with van der Waals surface area (Å²) in [6.07, 6.45) is 5.85. The average Bonchev–Trinajstić information content (AvgIpc) is 3.61. The van der Waals surface area contributed by atoms with E-state index in [-0.39, 0.29) is 44.0 Å². The van der Waals surface area contributed by atoms with Crippen molar-refractivity contribution in [1.29, 1.82) is 0 Å². The largest absolute Gasteiger partial charge is 0.496 e. The van der Waals surface area contributed by atoms with Gasteiger partial charge < -0.3 is 30.1 Å². The van der Waals surface area contributed by atoms with E-state index < -0.39 is 17.8 Å². The number of nitrogens with two attached hydrogens (primary N) is 1. The quantitative estimate of drug-likeness (QED) is 0.184. The van der Waals surface area contributed by atoms with Gasteiger partial charge in [-0.3, -0.25) is 19.3 Å². The summed E-state index contributed by atoms with van der Waals surface area (Å²) in [6, 6.07) is 8.18. The maximum atomic E-state index is 12.8. The van der Waals surface area contributed by atoms with Crippen molar-refractivity contribution >= 4 is 46.5 Å². The van der Waals surface area contributed by atoms with Gasteiger partial charge in [0.25, 0.3) is 11.8 Å². The molecule has 0 aliphatic carbocycles. The van der Waals surface area contributed by atoms with Gasteiger partial charge in [-0.2, -0.15) is 4.98 Å². The first-order valence-electron chi connectivity index (χ1n) is 16.3. The molecule has 0 spiro atoms. The number of imide groups is 1. The summed E-state index contributed by atoms with van der Waals surface area (Å²) >= 11 is 0. The van der Waals surface area contributed by atoms with Crippen LogP contribution in [0.1, 0.15) is 69.4 Å². The molecule has 47 heavy (non-hydrogen) atoms. The molecule has 3 aromatic rings. The molecule has 0 radical (unpaired) electrons. The number of fused-ring (bicyclic) bond motifs is 1. The van der Waals surface area contributed by atoms with Crippen LogP contribution in [0.3, 0.4) is 0 Å². The lowest BCUT2D eigenvalue weighted by atomic mass is 10.1. The van der Waals surface area contributed by atoms with E-state index in [9.17, 15) is 19.2 Å². The molecule has 2 aliphatic rings. The fraction of sp³-hybridized carbons (Fsp3) is 0.515. The molecule has 14 heteroatoms. The van der Waals surface area contributed by atoms with E-state index in [2.05, 4.69) is 43.8 Å². The van der Waals surface area contributed by atoms with Gasteiger partial charge in [0.1, 0.15) is 11.3 Å². The zero-order chi connectivity index (χ0) is 33.3. The third kappa shape index (κ3) is 8.56. The molecule has 5 rings (SSSR count). The first-order chi connectivity index (χ1) is 22.7. The molecule has 2 aromatic heterocycles. The van der Waals surface area contributed by atoms with Crippen molar-refractivity contribution in [3.63, 3.8) is 0 Å². The summed E-state index contributed by atoms with van der Waals surface area (Å²) in [6.45, 7) is 6.92. The number of benzene rings is 1. The van der Waals surface area contributed by atoms with E-state index >= 15 is 0 Å². The summed E-state index contributed by atoms with van der Waals surface area (Å²) in [5.74, 6) is 0.0176. The van der Waals surface area contributed by atoms with Gasteiger partial charge in [0, 0.05) is 76.7 Å². The molecule has 3 amide bonds. The third-order valence-electron chi connectivity index (χ3n) is 8.49. The monoisotopic (exact) mass is 648 g/mol. The smallest absolute Gasteiger partial charge is 0.333 e. The highest BCUT2D eigenvalue weighted by atomic mass is 16.7. The number of rotatable bonds is 15. The molecule has 0 saturated carbocycles. The van der Waals surface area contributed by atoms with Gasteiger partial charge in [0.2, 0.25) is 11.9 Å². The number of nitrogens with one attached hydrogen (secondary N) is 1. The summed E-state index contributed by atoms with van der Waals surface area (Å²) < 4.78 is 7.84. The zero-order valence-corrected chi connectivity index (χ0v) is 27.2. The van der Waals surface area contributed by atoms with Crippen molar-refractivity contribution in [1.82, 2.24) is 29.4 Å². The molecule has 2 saturated heterocycles. The van der Waals surface area contributed by atoms with Crippen LogP contribution in [0.2, 0.25) is 0 Å². The normalized spacial score (nSPS) is 15.4. The van der Waals surface area contributed by atoms with Crippen molar-refractivity contribution in [3.8, 4) is 5.75 Å². The Morgan fingerprint density at radius 2 is 1.72 bits per heavy atom. The van der Waals surface area contributed by atoms with E-state index in [4.69, 9.17) is 15.3 Å². The Morgan fingerprint density at radius 1 is 0.957 bits per heavy atom. The van der Waals surface area contributed by atoms with Crippen LogP contribution in [0.4, 0.5) is 11.8 Å². The summed E-state index contributed by atoms with van der Waals surface area (Å²) in [5.41, 5.74) is 9.86. The summed E-state index contributed by atoms with van der Waals surface area (Å²) in [7, 11) is 1.67. The standard InChI is InChI=1S/C33H44N8O6/c1-3-4-5-14-35-32-31-25(36-33(34)37-32)13-15-40(31)22-24-20-23(9-10-26(24)46-2)21-38-16-18-39(19-17-38)27(42)7-6-8-30(45)47-41-28(43)11-12-29(41)44/h9-10,13,15,20H,3-8,11-12,14,16-19,21-22H2,1-2H3,(H3,34,35,36,37). The number of methoxy groups -OCH3 is 1. The number of piperazine rings is 1. The Morgan fingerprint density at radius 3 is 2.45 bits per heavy atom. The fourth-order valence-electron chi connectivity index (χ4n) is 5.96. The van der Waals surface area contributed by atoms with Crippen LogP contribution in [0, 0.1) is 0 Å². The lowest BCUT2D eigenvalue weighted by Gasteiger charge is -2.35. The molecule has 0 unspecified atom stereocenters. The van der Waals surface area contributed by atoms with E-state index in [1.54, 1.807) is 7.11 Å². The molecule has 4 heterocycles. The van der Waals surface area contributed by atoms with Crippen LogP contribution in [0.25, 0.3) is 11.0 Å². The van der Waals surface area contributed by atoms with Gasteiger partial charge in [0.05, 0.1) is 19.2 Å². The van der Waals surface area contributed by atoms with Crippen molar-refractivity contribution < 1.29 is 28.8 Å². The molecule has 3 N–H and O–H groups in total. The zero-order valence-electron chi connectivity index (χ0n) is 27.2. The molecule has 0 bridgehead atoms. The van der Waals surface area contributed by atoms with Crippen LogP contribution in [0.5, 0.6) is 5.75 Å². The Labute approximate surface area is 274 Å². The van der Waals surface area contributed by atoms with E-state index in [1.165, 1.54) is 0 Å². The fourth-order valence-corrected chi connectivity index (χ4v) is 5.96. The van der Waals surface area contributed by atoms with Crippen molar-refractivity contribution in [2.75, 3.05) is 50.9 Å². The first kappa shape index (κ1) is 33.6. The van der Waals surface area contributed by atoms with Crippen LogP contribution in [0.15, 0.2) is 30.5 Å². The molecule has 1 aromatic carbocycles. The predicted octanol–water partition coefficient (Wildman–Crippen LogP) is 3.09. The highest BCUT2D eigenvalue weighted by Gasteiger charge is 2.32. The summed E-state index contributed by atoms with van der Waals surface area (Å²) in [4.78, 5) is 66.0. The van der Waals surface area contributed by atoms with Crippen molar-refractivity contribution in [2.45, 2.75) is 71.4 Å². The second-order valence-electron chi connectivity index (χ2n) is 11.9. The minimum Gasteiger partial charge on any atom is -0.496 e. The minimum absolute atomic E-state index is 0.0265. The number of carbonyl (C=O) groups is 4. The molecular weight excluding hydrogens is 604 g/mol. The van der Waals surface area contributed by atoms with Crippen LogP contribution in [-0.4, -0.2) is 92.9 Å². The number of unbranched alkanes of at least 4 members (excludes halogenated alkanes) is 2. The van der Waals surface area contributed by atoms with Crippen molar-refractivity contribution in [2.24, 2.45) is 0 Å². The van der Waals surface area contributed by atoms with Crippen LogP contribution in [-0.2, 0) is 37.1 Å². The highest BCUT2D eigenvalue weighted by molar-refractivity contribution is 6.01. The number of anilines is 2. The Kier molecular flexibility index (Phi) is 11.2. The van der Waals surface area contributed by atoms with Gasteiger partial charge in [-0.15, -0.1) is 5.06 Å². The Bertz CT molecular complexity index is 1580.